The van der Waals surface area contributed by atoms with Gasteiger partial charge in [-0.3, -0.25) is 4.89 Å². The summed E-state index contributed by atoms with van der Waals surface area (Å²) < 4.78 is 0.549. The quantitative estimate of drug-likeness (QED) is 0.223. The molecular formula is C13H25NO4P+. The van der Waals surface area contributed by atoms with Crippen LogP contribution in [0.2, 0.25) is 0 Å². The molecule has 0 aromatic carbocycles. The third kappa shape index (κ3) is 8.89. The highest BCUT2D eigenvalue weighted by Crippen LogP contribution is 2.19. The van der Waals surface area contributed by atoms with Gasteiger partial charge in [0.2, 0.25) is 0 Å². The molecule has 0 N–H and O–H groups in total. The minimum absolute atomic E-state index is 0.244. The number of carbonyl (C=O) groups is 1. The third-order valence-electron chi connectivity index (χ3n) is 2.16. The molecule has 110 valence electrons. The molecule has 0 fully saturated rings. The molecule has 0 aliphatic rings. The van der Waals surface area contributed by atoms with Gasteiger partial charge in [0, 0.05) is 5.57 Å². The number of hydrogen-bond donors (Lipinski definition) is 0. The second kappa shape index (κ2) is 8.43. The first-order chi connectivity index (χ1) is 8.67. The largest absolute Gasteiger partial charge is 0.628 e. The summed E-state index contributed by atoms with van der Waals surface area (Å²) in [4.78, 5) is 33.1. The Labute approximate surface area is 116 Å². The van der Waals surface area contributed by atoms with Gasteiger partial charge in [0.25, 0.3) is 0 Å². The highest BCUT2D eigenvalue weighted by Gasteiger charge is 2.23. The Morgan fingerprint density at radius 1 is 1.32 bits per heavy atom. The van der Waals surface area contributed by atoms with E-state index in [0.717, 1.165) is 12.8 Å². The van der Waals surface area contributed by atoms with Crippen molar-refractivity contribution in [3.63, 3.8) is 0 Å². The summed E-state index contributed by atoms with van der Waals surface area (Å²) in [5.74, 6) is -0.641. The number of rotatable bonds is 8. The molecule has 5 nitrogen and oxygen atoms in total. The number of quaternary nitrogens is 1. The molecule has 0 aliphatic carbocycles. The maximum absolute atomic E-state index is 12.1. The molecular weight excluding hydrogens is 265 g/mol. The molecule has 0 radical (unpaired) electrons. The molecule has 0 saturated carbocycles. The van der Waals surface area contributed by atoms with E-state index in [0.29, 0.717) is 22.7 Å². The Bertz CT molecular complexity index is 358. The highest BCUT2D eigenvalue weighted by molar-refractivity contribution is 7.51. The lowest BCUT2D eigenvalue weighted by molar-refractivity contribution is -0.861. The zero-order valence-electron chi connectivity index (χ0n) is 12.6. The van der Waals surface area contributed by atoms with E-state index in [2.05, 4.69) is 11.5 Å². The van der Waals surface area contributed by atoms with Crippen molar-refractivity contribution in [2.24, 2.45) is 0 Å². The van der Waals surface area contributed by atoms with Crippen LogP contribution in [-0.4, -0.2) is 49.8 Å². The van der Waals surface area contributed by atoms with Gasteiger partial charge in [0.1, 0.15) is 6.16 Å². The topological polar surface area (TPSA) is 58.6 Å². The number of likely N-dealkylation sites (N-methyl/N-ethyl adjacent to an activating group) is 1. The lowest BCUT2D eigenvalue weighted by Crippen LogP contribution is -2.40. The van der Waals surface area contributed by atoms with Crippen LogP contribution < -0.4 is 4.89 Å². The number of carbonyl (C=O) groups excluding carboxylic acids is 1. The van der Waals surface area contributed by atoms with Crippen molar-refractivity contribution in [2.75, 3.05) is 33.8 Å². The van der Waals surface area contributed by atoms with Crippen molar-refractivity contribution in [3.05, 3.63) is 12.2 Å². The van der Waals surface area contributed by atoms with Crippen molar-refractivity contribution in [2.45, 2.75) is 26.7 Å². The predicted molar refractivity (Wildman–Crippen MR) is 76.6 cm³/mol. The highest BCUT2D eigenvalue weighted by atomic mass is 31.1. The first-order valence-electron chi connectivity index (χ1n) is 6.32. The van der Waals surface area contributed by atoms with Crippen molar-refractivity contribution in [1.29, 1.82) is 0 Å². The van der Waals surface area contributed by atoms with Crippen LogP contribution in [0.15, 0.2) is 12.2 Å². The van der Waals surface area contributed by atoms with Crippen molar-refractivity contribution < 1.29 is 23.9 Å². The summed E-state index contributed by atoms with van der Waals surface area (Å²) in [6.07, 6.45) is 2.36. The van der Waals surface area contributed by atoms with Crippen LogP contribution >= 0.6 is 7.77 Å². The minimum atomic E-state index is -1.64. The van der Waals surface area contributed by atoms with E-state index < -0.39 is 13.7 Å². The predicted octanol–water partition coefficient (Wildman–Crippen LogP) is 1.43. The molecule has 0 spiro atoms. The van der Waals surface area contributed by atoms with Crippen LogP contribution in [0.1, 0.15) is 26.7 Å². The fourth-order valence-electron chi connectivity index (χ4n) is 1.14. The summed E-state index contributed by atoms with van der Waals surface area (Å²) in [6.45, 7) is 7.46. The smallest absolute Gasteiger partial charge is 0.368 e. The first-order valence-corrected chi connectivity index (χ1v) is 7.77. The lowest BCUT2D eigenvalue weighted by Gasteiger charge is -2.23. The van der Waals surface area contributed by atoms with Crippen LogP contribution in [0.3, 0.4) is 0 Å². The Kier molecular flexibility index (Phi) is 8.11. The summed E-state index contributed by atoms with van der Waals surface area (Å²) in [7, 11) is 4.21. The molecule has 0 aromatic heterocycles. The van der Waals surface area contributed by atoms with Gasteiger partial charge in [-0.05, 0) is 13.3 Å². The van der Waals surface area contributed by atoms with Gasteiger partial charge in [0.05, 0.1) is 28.9 Å². The lowest BCUT2D eigenvalue weighted by atomic mass is 10.4. The van der Waals surface area contributed by atoms with Gasteiger partial charge in [-0.2, -0.15) is 0 Å². The molecule has 1 unspecified atom stereocenters. The molecule has 0 heterocycles. The van der Waals surface area contributed by atoms with E-state index in [9.17, 15) is 9.69 Å². The average Bonchev–Trinajstić information content (AvgIpc) is 2.29. The SMILES string of the molecule is C=C(C)C(=O)OO/C(C[N+](C)(C)C)=[P+](/[O-])CCCC. The summed E-state index contributed by atoms with van der Waals surface area (Å²) >= 11 is 0. The van der Waals surface area contributed by atoms with Crippen LogP contribution in [0.4, 0.5) is 0 Å². The van der Waals surface area contributed by atoms with Crippen molar-refractivity contribution in [1.82, 2.24) is 0 Å². The van der Waals surface area contributed by atoms with Gasteiger partial charge < -0.3 is 9.38 Å². The van der Waals surface area contributed by atoms with Gasteiger partial charge in [-0.1, -0.05) is 24.8 Å². The maximum atomic E-state index is 12.1. The van der Waals surface area contributed by atoms with Crippen LogP contribution in [0.25, 0.3) is 0 Å². The van der Waals surface area contributed by atoms with Crippen molar-refractivity contribution in [3.8, 4) is 0 Å². The first kappa shape index (κ1) is 18.3. The van der Waals surface area contributed by atoms with E-state index in [1.807, 2.05) is 28.1 Å². The van der Waals surface area contributed by atoms with E-state index in [4.69, 9.17) is 4.89 Å². The minimum Gasteiger partial charge on any atom is -0.628 e. The summed E-state index contributed by atoms with van der Waals surface area (Å²) in [5.41, 5.74) is 0.568. The van der Waals surface area contributed by atoms with Crippen LogP contribution in [0, 0.1) is 0 Å². The molecule has 6 heteroatoms. The monoisotopic (exact) mass is 290 g/mol. The standard InChI is InChI=1S/C13H25NO4P/c1-7-8-9-19(16)12(10-14(4,5)6)17-18-13(15)11(2)3/h2,7-10H2,1,3-6H3/q+1. The molecule has 0 rings (SSSR count). The van der Waals surface area contributed by atoms with E-state index in [1.54, 1.807) is 0 Å². The molecule has 19 heavy (non-hydrogen) atoms. The molecule has 0 bridgehead atoms. The van der Waals surface area contributed by atoms with E-state index >= 15 is 0 Å². The Morgan fingerprint density at radius 3 is 2.32 bits per heavy atom. The molecule has 0 aliphatic heterocycles. The molecule has 0 aromatic rings. The van der Waals surface area contributed by atoms with E-state index in [-0.39, 0.29) is 5.57 Å². The maximum Gasteiger partial charge on any atom is 0.368 e. The van der Waals surface area contributed by atoms with Crippen molar-refractivity contribution >= 4 is 19.2 Å². The summed E-state index contributed by atoms with van der Waals surface area (Å²) in [6, 6.07) is 0. The van der Waals surface area contributed by atoms with Gasteiger partial charge in [-0.25, -0.2) is 4.79 Å². The van der Waals surface area contributed by atoms with Crippen LogP contribution in [0.5, 0.6) is 0 Å². The summed E-state index contributed by atoms with van der Waals surface area (Å²) in [5, 5.41) is 0. The normalized spacial score (nSPS) is 12.9. The number of nitrogens with zero attached hydrogens (tertiary/aromatic N) is 1. The molecule has 0 saturated heterocycles. The third-order valence-corrected chi connectivity index (χ3v) is 3.66. The number of unbranched alkanes of at least 4 members (excludes halogenated alkanes) is 1. The fourth-order valence-corrected chi connectivity index (χ4v) is 2.69. The van der Waals surface area contributed by atoms with Gasteiger partial charge >= 0.3 is 11.4 Å². The van der Waals surface area contributed by atoms with Crippen LogP contribution in [-0.2, 0) is 14.6 Å². The van der Waals surface area contributed by atoms with E-state index in [1.165, 1.54) is 6.92 Å². The Hall–Kier alpha value is -0.740. The Balaban J connectivity index is 4.76. The second-order valence-corrected chi connectivity index (χ2v) is 7.24. The second-order valence-electron chi connectivity index (χ2n) is 5.53. The van der Waals surface area contributed by atoms with Gasteiger partial charge in [0.15, 0.2) is 6.54 Å². The zero-order valence-corrected chi connectivity index (χ0v) is 13.5. The Morgan fingerprint density at radius 2 is 1.89 bits per heavy atom. The fraction of sp³-hybridized carbons (Fsp3) is 0.692. The average molecular weight is 290 g/mol. The molecule has 0 amide bonds. The molecule has 1 atom stereocenters. The zero-order chi connectivity index (χ0) is 15.1. The van der Waals surface area contributed by atoms with Gasteiger partial charge in [-0.15, -0.1) is 0 Å². The number of hydrogen-bond acceptors (Lipinski definition) is 4.